The number of hydrogen-bond acceptors (Lipinski definition) is 4. The fourth-order valence-corrected chi connectivity index (χ4v) is 5.01. The first-order valence-corrected chi connectivity index (χ1v) is 12.6. The Morgan fingerprint density at radius 3 is 1.88 bits per heavy atom. The molecule has 5 nitrogen and oxygen atoms in total. The van der Waals surface area contributed by atoms with Crippen LogP contribution in [-0.2, 0) is 24.5 Å². The van der Waals surface area contributed by atoms with E-state index in [2.05, 4.69) is 5.32 Å². The molecule has 0 bridgehead atoms. The number of hydrogen-bond donors (Lipinski definition) is 1. The molecule has 8 heteroatoms. The van der Waals surface area contributed by atoms with Crippen LogP contribution in [0.2, 0.25) is 10.0 Å². The molecule has 0 saturated heterocycles. The van der Waals surface area contributed by atoms with Gasteiger partial charge in [-0.15, -0.1) is 0 Å². The van der Waals surface area contributed by atoms with E-state index in [1.54, 1.807) is 36.4 Å². The molecule has 3 aromatic rings. The minimum atomic E-state index is -3.86. The maximum Gasteiger partial charge on any atom is 0.296 e. The number of amides is 1. The van der Waals surface area contributed by atoms with Gasteiger partial charge >= 0.3 is 0 Å². The smallest absolute Gasteiger partial charge is 0.296 e. The van der Waals surface area contributed by atoms with Crippen LogP contribution >= 0.6 is 23.2 Å². The van der Waals surface area contributed by atoms with Crippen LogP contribution in [0, 0.1) is 6.92 Å². The number of benzene rings is 3. The Morgan fingerprint density at radius 1 is 0.879 bits per heavy atom. The average molecular weight is 506 g/mol. The number of rotatable bonds is 11. The Labute approximate surface area is 204 Å². The van der Waals surface area contributed by atoms with Crippen LogP contribution in [0.1, 0.15) is 29.5 Å². The van der Waals surface area contributed by atoms with E-state index in [0.29, 0.717) is 35.8 Å². The summed E-state index contributed by atoms with van der Waals surface area (Å²) in [6.45, 7) is 2.20. The van der Waals surface area contributed by atoms with E-state index in [1.807, 2.05) is 31.2 Å². The molecule has 3 rings (SSSR count). The van der Waals surface area contributed by atoms with E-state index in [-0.39, 0.29) is 11.5 Å². The van der Waals surface area contributed by atoms with Crippen LogP contribution in [0.3, 0.4) is 0 Å². The van der Waals surface area contributed by atoms with Gasteiger partial charge in [0.1, 0.15) is 0 Å². The molecule has 0 atom stereocenters. The molecule has 0 spiro atoms. The van der Waals surface area contributed by atoms with Gasteiger partial charge in [-0.05, 0) is 67.3 Å². The molecule has 0 saturated carbocycles. The molecule has 1 N–H and O–H groups in total. The van der Waals surface area contributed by atoms with Crippen molar-refractivity contribution in [3.63, 3.8) is 0 Å². The highest BCUT2D eigenvalue weighted by Crippen LogP contribution is 2.37. The van der Waals surface area contributed by atoms with E-state index in [1.165, 1.54) is 12.1 Å². The number of nitrogens with one attached hydrogen (secondary N) is 1. The fourth-order valence-electron chi connectivity index (χ4n) is 3.82. The highest BCUT2D eigenvalue weighted by atomic mass is 35.5. The second-order valence-corrected chi connectivity index (χ2v) is 10.3. The Bertz CT molecular complexity index is 1120. The molecule has 3 aromatic carbocycles. The van der Waals surface area contributed by atoms with Crippen molar-refractivity contribution in [2.75, 3.05) is 13.2 Å². The SMILES string of the molecule is Cc1ccc(S(=O)(=O)OCCCC(CNC=O)(c2ccc(Cl)cc2)c2ccc(Cl)cc2)cc1. The van der Waals surface area contributed by atoms with Crippen molar-refractivity contribution in [3.8, 4) is 0 Å². The van der Waals surface area contributed by atoms with Gasteiger partial charge in [0.2, 0.25) is 6.41 Å². The lowest BCUT2D eigenvalue weighted by Crippen LogP contribution is -2.39. The van der Waals surface area contributed by atoms with Gasteiger partial charge in [-0.3, -0.25) is 8.98 Å². The highest BCUT2D eigenvalue weighted by Gasteiger charge is 2.34. The molecular formula is C25H25Cl2NO4S. The van der Waals surface area contributed by atoms with Gasteiger partial charge in [0, 0.05) is 22.0 Å². The first-order chi connectivity index (χ1) is 15.8. The third-order valence-corrected chi connectivity index (χ3v) is 7.41. The first kappa shape index (κ1) is 25.2. The summed E-state index contributed by atoms with van der Waals surface area (Å²) in [5, 5.41) is 3.99. The lowest BCUT2D eigenvalue weighted by atomic mass is 9.71. The standard InChI is InChI=1S/C25H25Cl2NO4S/c1-19-3-13-24(14-4-19)33(30,31)32-16-2-15-25(17-28-18-29,20-5-9-22(26)10-6-20)21-7-11-23(27)12-8-21/h3-14,18H,2,15-17H2,1H3,(H,28,29). The topological polar surface area (TPSA) is 72.5 Å². The molecule has 0 radical (unpaired) electrons. The lowest BCUT2D eigenvalue weighted by Gasteiger charge is -2.35. The maximum absolute atomic E-state index is 12.5. The van der Waals surface area contributed by atoms with Crippen LogP contribution in [0.4, 0.5) is 0 Å². The number of halogens is 2. The molecule has 174 valence electrons. The fraction of sp³-hybridized carbons (Fsp3) is 0.240. The van der Waals surface area contributed by atoms with Gasteiger partial charge in [-0.1, -0.05) is 65.2 Å². The Hall–Kier alpha value is -2.38. The van der Waals surface area contributed by atoms with E-state index in [9.17, 15) is 13.2 Å². The van der Waals surface area contributed by atoms with Crippen molar-refractivity contribution in [1.29, 1.82) is 0 Å². The van der Waals surface area contributed by atoms with Crippen LogP contribution in [0.15, 0.2) is 77.7 Å². The number of carbonyl (C=O) groups excluding carboxylic acids is 1. The third-order valence-electron chi connectivity index (χ3n) is 5.58. The van der Waals surface area contributed by atoms with Crippen molar-refractivity contribution in [3.05, 3.63) is 99.5 Å². The van der Waals surface area contributed by atoms with Crippen molar-refractivity contribution in [2.24, 2.45) is 0 Å². The summed E-state index contributed by atoms with van der Waals surface area (Å²) in [4.78, 5) is 11.3. The van der Waals surface area contributed by atoms with Crippen molar-refractivity contribution in [1.82, 2.24) is 5.32 Å². The van der Waals surface area contributed by atoms with Gasteiger partial charge in [0.05, 0.1) is 11.5 Å². The summed E-state index contributed by atoms with van der Waals surface area (Å²) in [5.74, 6) is 0. The summed E-state index contributed by atoms with van der Waals surface area (Å²) in [6.07, 6.45) is 1.59. The first-order valence-electron chi connectivity index (χ1n) is 10.4. The second kappa shape index (κ2) is 11.2. The molecule has 0 unspecified atom stereocenters. The van der Waals surface area contributed by atoms with Crippen LogP contribution in [-0.4, -0.2) is 28.0 Å². The Kier molecular flexibility index (Phi) is 8.54. The molecule has 0 aliphatic heterocycles. The molecule has 0 fully saturated rings. The zero-order chi connectivity index (χ0) is 23.9. The summed E-state index contributed by atoms with van der Waals surface area (Å²) >= 11 is 12.2. The quantitative estimate of drug-likeness (QED) is 0.211. The van der Waals surface area contributed by atoms with Crippen LogP contribution < -0.4 is 5.32 Å². The van der Waals surface area contributed by atoms with E-state index >= 15 is 0 Å². The van der Waals surface area contributed by atoms with Crippen LogP contribution in [0.5, 0.6) is 0 Å². The summed E-state index contributed by atoms with van der Waals surface area (Å²) in [6, 6.07) is 21.3. The van der Waals surface area contributed by atoms with Crippen molar-refractivity contribution >= 4 is 39.7 Å². The highest BCUT2D eigenvalue weighted by molar-refractivity contribution is 7.86. The Balaban J connectivity index is 1.85. The van der Waals surface area contributed by atoms with Crippen LogP contribution in [0.25, 0.3) is 0 Å². The average Bonchev–Trinajstić information content (AvgIpc) is 2.80. The largest absolute Gasteiger partial charge is 0.357 e. The van der Waals surface area contributed by atoms with E-state index in [0.717, 1.165) is 16.7 Å². The van der Waals surface area contributed by atoms with Gasteiger partial charge in [-0.2, -0.15) is 8.42 Å². The van der Waals surface area contributed by atoms with Gasteiger partial charge in [0.25, 0.3) is 10.1 Å². The van der Waals surface area contributed by atoms with Gasteiger partial charge in [0.15, 0.2) is 0 Å². The summed E-state index contributed by atoms with van der Waals surface area (Å²) in [5.41, 5.74) is 2.20. The molecule has 0 aromatic heterocycles. The number of carbonyl (C=O) groups is 1. The summed E-state index contributed by atoms with van der Waals surface area (Å²) < 4.78 is 30.4. The normalized spacial score (nSPS) is 11.8. The minimum absolute atomic E-state index is 0.000227. The predicted octanol–water partition coefficient (Wildman–Crippen LogP) is 5.52. The monoisotopic (exact) mass is 505 g/mol. The lowest BCUT2D eigenvalue weighted by molar-refractivity contribution is -0.109. The zero-order valence-corrected chi connectivity index (χ0v) is 20.5. The maximum atomic E-state index is 12.5. The second-order valence-electron chi connectivity index (χ2n) is 7.79. The molecule has 33 heavy (non-hydrogen) atoms. The molecule has 1 amide bonds. The Morgan fingerprint density at radius 2 is 1.39 bits per heavy atom. The molecule has 0 aliphatic rings. The number of aryl methyl sites for hydroxylation is 1. The minimum Gasteiger partial charge on any atom is -0.357 e. The third kappa shape index (κ3) is 6.36. The predicted molar refractivity (Wildman–Crippen MR) is 131 cm³/mol. The zero-order valence-electron chi connectivity index (χ0n) is 18.1. The van der Waals surface area contributed by atoms with Gasteiger partial charge < -0.3 is 5.32 Å². The molecular weight excluding hydrogens is 481 g/mol. The van der Waals surface area contributed by atoms with Gasteiger partial charge in [-0.25, -0.2) is 0 Å². The molecule has 0 aliphatic carbocycles. The van der Waals surface area contributed by atoms with E-state index in [4.69, 9.17) is 27.4 Å². The van der Waals surface area contributed by atoms with Crippen molar-refractivity contribution < 1.29 is 17.4 Å². The summed E-state index contributed by atoms with van der Waals surface area (Å²) in [7, 11) is -3.86. The van der Waals surface area contributed by atoms with Crippen molar-refractivity contribution in [2.45, 2.75) is 30.1 Å². The van der Waals surface area contributed by atoms with E-state index < -0.39 is 15.5 Å². The molecule has 0 heterocycles.